The molecule has 6 nitrogen and oxygen atoms in total. The lowest BCUT2D eigenvalue weighted by Gasteiger charge is -2.02. The summed E-state index contributed by atoms with van der Waals surface area (Å²) in [6.07, 6.45) is 0.859. The number of fused-ring (bicyclic) bond motifs is 1. The number of anilines is 1. The van der Waals surface area contributed by atoms with E-state index in [0.717, 1.165) is 34.6 Å². The normalized spacial score (nSPS) is 13.2. The minimum absolute atomic E-state index is 0.242. The number of amides is 1. The number of nitrogens with one attached hydrogen (secondary N) is 1. The van der Waals surface area contributed by atoms with Crippen LogP contribution in [0.5, 0.6) is 0 Å². The van der Waals surface area contributed by atoms with Crippen LogP contribution in [-0.4, -0.2) is 26.2 Å². The fourth-order valence-electron chi connectivity index (χ4n) is 2.44. The van der Waals surface area contributed by atoms with E-state index in [1.54, 1.807) is 11.8 Å². The van der Waals surface area contributed by atoms with E-state index in [1.165, 1.54) is 11.3 Å². The van der Waals surface area contributed by atoms with Gasteiger partial charge in [0.05, 0.1) is 10.7 Å². The van der Waals surface area contributed by atoms with E-state index in [2.05, 4.69) is 35.2 Å². The van der Waals surface area contributed by atoms with Gasteiger partial charge in [0.15, 0.2) is 16.7 Å². The van der Waals surface area contributed by atoms with E-state index in [9.17, 15) is 10.1 Å². The summed E-state index contributed by atoms with van der Waals surface area (Å²) in [4.78, 5) is 21.9. The maximum atomic E-state index is 12.5. The van der Waals surface area contributed by atoms with Crippen molar-refractivity contribution in [2.45, 2.75) is 38.9 Å². The number of hydrogen-bond acceptors (Lipinski definition) is 6. The third-order valence-corrected chi connectivity index (χ3v) is 5.58. The lowest BCUT2D eigenvalue weighted by Crippen LogP contribution is -2.13. The molecule has 3 rings (SSSR count). The molecule has 0 bridgehead atoms. The average molecular weight is 347 g/mol. The van der Waals surface area contributed by atoms with Gasteiger partial charge in [-0.3, -0.25) is 4.79 Å². The minimum atomic E-state index is -0.242. The highest BCUT2D eigenvalue weighted by Gasteiger charge is 2.24. The maximum absolute atomic E-state index is 12.5. The number of nitrogens with zero attached hydrogens (tertiary/aromatic N) is 4. The Hall–Kier alpha value is -1.85. The zero-order chi connectivity index (χ0) is 16.6. The number of aromatic nitrogens is 3. The van der Waals surface area contributed by atoms with E-state index >= 15 is 0 Å². The van der Waals surface area contributed by atoms with Crippen molar-refractivity contribution in [2.75, 3.05) is 11.1 Å². The van der Waals surface area contributed by atoms with Crippen molar-refractivity contribution < 1.29 is 4.79 Å². The molecule has 0 saturated carbocycles. The predicted octanol–water partition coefficient (Wildman–Crippen LogP) is 3.08. The first-order valence-corrected chi connectivity index (χ1v) is 9.21. The molecule has 2 aromatic rings. The van der Waals surface area contributed by atoms with Crippen molar-refractivity contribution in [1.82, 2.24) is 14.5 Å². The minimum Gasteiger partial charge on any atom is -0.308 e. The van der Waals surface area contributed by atoms with Gasteiger partial charge in [0.2, 0.25) is 0 Å². The van der Waals surface area contributed by atoms with Gasteiger partial charge >= 0.3 is 0 Å². The lowest BCUT2D eigenvalue weighted by molar-refractivity contribution is 0.102. The third-order valence-electron chi connectivity index (χ3n) is 3.45. The van der Waals surface area contributed by atoms with Crippen LogP contribution in [0.15, 0.2) is 5.16 Å². The zero-order valence-corrected chi connectivity index (χ0v) is 14.8. The van der Waals surface area contributed by atoms with Gasteiger partial charge in [0.1, 0.15) is 10.9 Å². The van der Waals surface area contributed by atoms with Gasteiger partial charge in [-0.1, -0.05) is 25.6 Å². The summed E-state index contributed by atoms with van der Waals surface area (Å²) in [6.45, 7) is 6.84. The van der Waals surface area contributed by atoms with Gasteiger partial charge in [-0.2, -0.15) is 5.26 Å². The van der Waals surface area contributed by atoms with Crippen LogP contribution < -0.4 is 5.32 Å². The van der Waals surface area contributed by atoms with E-state index in [-0.39, 0.29) is 5.91 Å². The molecule has 0 radical (unpaired) electrons. The van der Waals surface area contributed by atoms with Crippen LogP contribution in [0.4, 0.5) is 5.82 Å². The standard InChI is InChI=1S/C15H17N5OS2/c1-8(2)6-11-17-9(3)12(23-11)14(21)18-13-10(7-16)20-4-5-22-15(20)19-13/h8H,4-6H2,1-3H3,(H,18,21). The van der Waals surface area contributed by atoms with E-state index in [0.29, 0.717) is 22.3 Å². The molecule has 120 valence electrons. The van der Waals surface area contributed by atoms with E-state index in [4.69, 9.17) is 0 Å². The molecule has 0 fully saturated rings. The second-order valence-electron chi connectivity index (χ2n) is 5.78. The molecule has 1 aliphatic rings. The smallest absolute Gasteiger partial charge is 0.268 e. The summed E-state index contributed by atoms with van der Waals surface area (Å²) in [5.74, 6) is 1.51. The molecular formula is C15H17N5OS2. The number of imidazole rings is 1. The molecule has 1 aliphatic heterocycles. The van der Waals surface area contributed by atoms with E-state index < -0.39 is 0 Å². The summed E-state index contributed by atoms with van der Waals surface area (Å²) < 4.78 is 1.85. The SMILES string of the molecule is Cc1nc(CC(C)C)sc1C(=O)Nc1nc2n(c1C#N)CCS2. The molecule has 0 spiro atoms. The van der Waals surface area contributed by atoms with Crippen molar-refractivity contribution in [1.29, 1.82) is 5.26 Å². The first-order valence-electron chi connectivity index (χ1n) is 7.40. The predicted molar refractivity (Wildman–Crippen MR) is 91.0 cm³/mol. The molecule has 0 aromatic carbocycles. The van der Waals surface area contributed by atoms with Crippen molar-refractivity contribution in [2.24, 2.45) is 5.92 Å². The molecule has 0 aliphatic carbocycles. The molecule has 8 heteroatoms. The van der Waals surface area contributed by atoms with Crippen molar-refractivity contribution >= 4 is 34.8 Å². The van der Waals surface area contributed by atoms with Crippen LogP contribution in [0.2, 0.25) is 0 Å². The molecular weight excluding hydrogens is 330 g/mol. The molecule has 1 N–H and O–H groups in total. The lowest BCUT2D eigenvalue weighted by atomic mass is 10.1. The molecule has 0 atom stereocenters. The Kier molecular flexibility index (Phi) is 4.41. The monoisotopic (exact) mass is 347 g/mol. The second-order valence-corrected chi connectivity index (χ2v) is 7.92. The number of aryl methyl sites for hydroxylation is 1. The highest BCUT2D eigenvalue weighted by Crippen LogP contribution is 2.31. The van der Waals surface area contributed by atoms with Crippen molar-refractivity contribution in [3.63, 3.8) is 0 Å². The fraction of sp³-hybridized carbons (Fsp3) is 0.467. The number of carbonyl (C=O) groups is 1. The van der Waals surface area contributed by atoms with Crippen molar-refractivity contribution in [3.8, 4) is 6.07 Å². The summed E-state index contributed by atoms with van der Waals surface area (Å²) >= 11 is 3.01. The molecule has 0 saturated heterocycles. The van der Waals surface area contributed by atoms with Gasteiger partial charge in [-0.15, -0.1) is 11.3 Å². The summed E-state index contributed by atoms with van der Waals surface area (Å²) in [7, 11) is 0. The average Bonchev–Trinajstić information content (AvgIpc) is 3.12. The quantitative estimate of drug-likeness (QED) is 0.919. The zero-order valence-electron chi connectivity index (χ0n) is 13.2. The number of hydrogen-bond donors (Lipinski definition) is 1. The van der Waals surface area contributed by atoms with Gasteiger partial charge < -0.3 is 9.88 Å². The highest BCUT2D eigenvalue weighted by molar-refractivity contribution is 7.99. The second kappa shape index (κ2) is 6.34. The Balaban J connectivity index is 1.83. The number of nitriles is 1. The van der Waals surface area contributed by atoms with Crippen LogP contribution in [0.3, 0.4) is 0 Å². The summed E-state index contributed by atoms with van der Waals surface area (Å²) in [6, 6.07) is 2.14. The van der Waals surface area contributed by atoms with E-state index in [1.807, 2.05) is 11.5 Å². The van der Waals surface area contributed by atoms with Gasteiger partial charge in [-0.25, -0.2) is 9.97 Å². The largest absolute Gasteiger partial charge is 0.308 e. The molecule has 1 amide bonds. The Labute approximate surface area is 142 Å². The Morgan fingerprint density at radius 3 is 2.96 bits per heavy atom. The summed E-state index contributed by atoms with van der Waals surface area (Å²) in [5, 5.41) is 13.9. The Morgan fingerprint density at radius 2 is 2.26 bits per heavy atom. The number of thiazole rings is 1. The fourth-order valence-corrected chi connectivity index (χ4v) is 4.57. The van der Waals surface area contributed by atoms with Gasteiger partial charge in [0.25, 0.3) is 5.91 Å². The molecule has 3 heterocycles. The Morgan fingerprint density at radius 1 is 1.48 bits per heavy atom. The third kappa shape index (κ3) is 3.12. The first-order chi connectivity index (χ1) is 11.0. The van der Waals surface area contributed by atoms with Gasteiger partial charge in [-0.05, 0) is 12.8 Å². The number of thioether (sulfide) groups is 1. The highest BCUT2D eigenvalue weighted by atomic mass is 32.2. The maximum Gasteiger partial charge on any atom is 0.268 e. The Bertz CT molecular complexity index is 800. The van der Waals surface area contributed by atoms with Crippen molar-refractivity contribution in [3.05, 3.63) is 21.3 Å². The molecule has 0 unspecified atom stereocenters. The van der Waals surface area contributed by atoms with Crippen LogP contribution in [-0.2, 0) is 13.0 Å². The van der Waals surface area contributed by atoms with Crippen LogP contribution in [0.25, 0.3) is 0 Å². The summed E-state index contributed by atoms with van der Waals surface area (Å²) in [5.41, 5.74) is 1.14. The first kappa shape index (κ1) is 16.0. The van der Waals surface area contributed by atoms with Crippen LogP contribution in [0, 0.1) is 24.2 Å². The molecule has 2 aromatic heterocycles. The topological polar surface area (TPSA) is 83.6 Å². The molecule has 23 heavy (non-hydrogen) atoms. The number of carbonyl (C=O) groups excluding carboxylic acids is 1. The van der Waals surface area contributed by atoms with Crippen LogP contribution >= 0.6 is 23.1 Å². The van der Waals surface area contributed by atoms with Gasteiger partial charge in [0, 0.05) is 18.7 Å². The number of rotatable bonds is 4. The van der Waals surface area contributed by atoms with Crippen LogP contribution in [0.1, 0.15) is 39.9 Å².